The molecule has 0 spiro atoms. The number of hydrogen-bond donors (Lipinski definition) is 3. The fraction of sp³-hybridized carbons (Fsp3) is 0.0526. The number of nitrogens with zero attached hydrogens (tertiary/aromatic N) is 2. The average Bonchev–Trinajstić information content (AvgIpc) is 3.07. The predicted molar refractivity (Wildman–Crippen MR) is 109 cm³/mol. The van der Waals surface area contributed by atoms with Crippen molar-refractivity contribution in [1.82, 2.24) is 19.9 Å². The molecule has 0 bridgehead atoms. The van der Waals surface area contributed by atoms with E-state index in [0.29, 0.717) is 22.3 Å². The van der Waals surface area contributed by atoms with Gasteiger partial charge in [0, 0.05) is 12.1 Å². The Labute approximate surface area is 166 Å². The van der Waals surface area contributed by atoms with Crippen molar-refractivity contribution in [2.24, 2.45) is 0 Å². The minimum atomic E-state index is -3.70. The van der Waals surface area contributed by atoms with E-state index in [-0.39, 0.29) is 22.3 Å². The van der Waals surface area contributed by atoms with Crippen molar-refractivity contribution in [3.8, 4) is 11.3 Å². The van der Waals surface area contributed by atoms with Gasteiger partial charge in [0.15, 0.2) is 5.82 Å². The van der Waals surface area contributed by atoms with Gasteiger partial charge in [-0.1, -0.05) is 41.9 Å². The molecule has 0 saturated carbocycles. The molecule has 28 heavy (non-hydrogen) atoms. The van der Waals surface area contributed by atoms with Gasteiger partial charge in [-0.05, 0) is 35.9 Å². The summed E-state index contributed by atoms with van der Waals surface area (Å²) in [5.74, 6) is 0.289. The molecule has 4 rings (SSSR count). The molecule has 4 N–H and O–H groups in total. The van der Waals surface area contributed by atoms with Crippen LogP contribution in [0, 0.1) is 0 Å². The topological polar surface area (TPSA) is 114 Å². The van der Waals surface area contributed by atoms with Gasteiger partial charge in [0.05, 0.1) is 21.1 Å². The number of H-pyrrole nitrogens is 1. The van der Waals surface area contributed by atoms with E-state index < -0.39 is 10.0 Å². The molecule has 2 aromatic heterocycles. The predicted octanol–water partition coefficient (Wildman–Crippen LogP) is 3.34. The summed E-state index contributed by atoms with van der Waals surface area (Å²) in [6.45, 7) is 0.195. The van der Waals surface area contributed by atoms with E-state index in [1.165, 1.54) is 12.1 Å². The molecule has 0 fully saturated rings. The third-order valence-corrected chi connectivity index (χ3v) is 5.98. The molecule has 0 aliphatic heterocycles. The van der Waals surface area contributed by atoms with Crippen molar-refractivity contribution in [1.29, 1.82) is 0 Å². The van der Waals surface area contributed by atoms with Gasteiger partial charge in [-0.3, -0.25) is 5.10 Å². The zero-order valence-electron chi connectivity index (χ0n) is 14.6. The van der Waals surface area contributed by atoms with Crippen LogP contribution in [-0.2, 0) is 16.6 Å². The fourth-order valence-electron chi connectivity index (χ4n) is 2.80. The Morgan fingerprint density at radius 1 is 1.07 bits per heavy atom. The van der Waals surface area contributed by atoms with E-state index in [1.807, 2.05) is 30.3 Å². The summed E-state index contributed by atoms with van der Waals surface area (Å²) < 4.78 is 27.7. The molecule has 0 unspecified atom stereocenters. The lowest BCUT2D eigenvalue weighted by Crippen LogP contribution is -2.23. The van der Waals surface area contributed by atoms with Gasteiger partial charge in [-0.25, -0.2) is 18.1 Å². The Hall–Kier alpha value is -2.94. The number of nitrogens with two attached hydrogens (primary N) is 1. The largest absolute Gasteiger partial charge is 0.380 e. The molecule has 2 heterocycles. The van der Waals surface area contributed by atoms with E-state index in [1.54, 1.807) is 18.2 Å². The molecule has 0 radical (unpaired) electrons. The van der Waals surface area contributed by atoms with Crippen LogP contribution in [0.2, 0.25) is 5.02 Å². The molecule has 0 aliphatic carbocycles. The summed E-state index contributed by atoms with van der Waals surface area (Å²) in [5.41, 5.74) is 9.09. The molecule has 0 amide bonds. The quantitative estimate of drug-likeness (QED) is 0.464. The smallest absolute Gasteiger partial charge is 0.240 e. The highest BCUT2D eigenvalue weighted by molar-refractivity contribution is 7.89. The minimum absolute atomic E-state index is 0.0843. The highest BCUT2D eigenvalue weighted by Crippen LogP contribution is 2.30. The van der Waals surface area contributed by atoms with Gasteiger partial charge >= 0.3 is 0 Å². The highest BCUT2D eigenvalue weighted by Gasteiger charge is 2.17. The number of pyridine rings is 1. The lowest BCUT2D eigenvalue weighted by atomic mass is 10.1. The number of anilines is 1. The Morgan fingerprint density at radius 3 is 2.61 bits per heavy atom. The van der Waals surface area contributed by atoms with Crippen molar-refractivity contribution in [3.05, 3.63) is 71.2 Å². The summed E-state index contributed by atoms with van der Waals surface area (Å²) in [4.78, 5) is 4.55. The average molecular weight is 414 g/mol. The Bertz CT molecular complexity index is 1260. The zero-order valence-corrected chi connectivity index (χ0v) is 16.1. The molecule has 0 saturated heterocycles. The van der Waals surface area contributed by atoms with Crippen LogP contribution in [0.4, 0.5) is 5.82 Å². The number of fused-ring (bicyclic) bond motifs is 1. The Balaban J connectivity index is 1.62. The van der Waals surface area contributed by atoms with Crippen LogP contribution in [0.15, 0.2) is 65.6 Å². The molecule has 9 heteroatoms. The third-order valence-electron chi connectivity index (χ3n) is 4.27. The Kier molecular flexibility index (Phi) is 4.76. The molecule has 142 valence electrons. The lowest BCUT2D eigenvalue weighted by Gasteiger charge is -2.10. The van der Waals surface area contributed by atoms with Crippen LogP contribution in [-0.4, -0.2) is 23.6 Å². The normalized spacial score (nSPS) is 11.8. The maximum absolute atomic E-state index is 12.6. The first kappa shape index (κ1) is 18.4. The third kappa shape index (κ3) is 3.57. The van der Waals surface area contributed by atoms with E-state index in [4.69, 9.17) is 17.3 Å². The SMILES string of the molecule is Nc1n[nH]c2ccc(-c3ccc(S(=O)(=O)NCc4ccccc4)cc3Cl)nc12. The van der Waals surface area contributed by atoms with Crippen LogP contribution < -0.4 is 10.5 Å². The molecule has 7 nitrogen and oxygen atoms in total. The standard InChI is InChI=1S/C19H16ClN5O2S/c20-15-10-13(28(26,27)22-11-12-4-2-1-3-5-12)6-7-14(15)16-8-9-17-18(23-16)19(21)25-24-17/h1-10,22H,11H2,(H3,21,24,25). The van der Waals surface area contributed by atoms with E-state index in [9.17, 15) is 8.42 Å². The second-order valence-corrected chi connectivity index (χ2v) is 8.33. The Morgan fingerprint density at radius 2 is 1.86 bits per heavy atom. The molecule has 0 atom stereocenters. The van der Waals surface area contributed by atoms with Crippen LogP contribution in [0.1, 0.15) is 5.56 Å². The van der Waals surface area contributed by atoms with Gasteiger partial charge in [-0.2, -0.15) is 5.10 Å². The number of nitrogens with one attached hydrogen (secondary N) is 2. The zero-order chi connectivity index (χ0) is 19.7. The second kappa shape index (κ2) is 7.23. The van der Waals surface area contributed by atoms with Crippen LogP contribution in [0.3, 0.4) is 0 Å². The van der Waals surface area contributed by atoms with E-state index >= 15 is 0 Å². The minimum Gasteiger partial charge on any atom is -0.380 e. The second-order valence-electron chi connectivity index (χ2n) is 6.15. The number of nitrogen functional groups attached to an aromatic ring is 1. The van der Waals surface area contributed by atoms with E-state index in [2.05, 4.69) is 19.9 Å². The van der Waals surface area contributed by atoms with Gasteiger partial charge in [0.2, 0.25) is 10.0 Å². The van der Waals surface area contributed by atoms with Crippen molar-refractivity contribution >= 4 is 38.5 Å². The first-order valence-electron chi connectivity index (χ1n) is 8.38. The maximum atomic E-state index is 12.6. The molecular weight excluding hydrogens is 398 g/mol. The summed E-state index contributed by atoms with van der Waals surface area (Å²) in [7, 11) is -3.70. The number of sulfonamides is 1. The lowest BCUT2D eigenvalue weighted by molar-refractivity contribution is 0.581. The summed E-state index contributed by atoms with van der Waals surface area (Å²) in [5, 5.41) is 6.97. The number of aromatic nitrogens is 3. The number of hydrogen-bond acceptors (Lipinski definition) is 5. The van der Waals surface area contributed by atoms with Crippen LogP contribution in [0.25, 0.3) is 22.3 Å². The van der Waals surface area contributed by atoms with Crippen molar-refractivity contribution in [3.63, 3.8) is 0 Å². The van der Waals surface area contributed by atoms with Gasteiger partial charge in [0.25, 0.3) is 0 Å². The summed E-state index contributed by atoms with van der Waals surface area (Å²) in [6, 6.07) is 17.4. The molecule has 4 aromatic rings. The molecule has 2 aromatic carbocycles. The van der Waals surface area contributed by atoms with Crippen LogP contribution >= 0.6 is 11.6 Å². The first-order valence-corrected chi connectivity index (χ1v) is 10.2. The van der Waals surface area contributed by atoms with Crippen molar-refractivity contribution < 1.29 is 8.42 Å². The first-order chi connectivity index (χ1) is 13.4. The number of halogens is 1. The van der Waals surface area contributed by atoms with Gasteiger partial charge in [0.1, 0.15) is 5.52 Å². The maximum Gasteiger partial charge on any atom is 0.240 e. The van der Waals surface area contributed by atoms with Crippen LogP contribution in [0.5, 0.6) is 0 Å². The number of aromatic amines is 1. The summed E-state index contributed by atoms with van der Waals surface area (Å²) in [6.07, 6.45) is 0. The summed E-state index contributed by atoms with van der Waals surface area (Å²) >= 11 is 6.37. The van der Waals surface area contributed by atoms with E-state index in [0.717, 1.165) is 5.56 Å². The van der Waals surface area contributed by atoms with Crippen molar-refractivity contribution in [2.45, 2.75) is 11.4 Å². The molecule has 0 aliphatic rings. The fourth-order valence-corrected chi connectivity index (χ4v) is 4.18. The number of benzene rings is 2. The highest BCUT2D eigenvalue weighted by atomic mass is 35.5. The molecular formula is C19H16ClN5O2S. The number of rotatable bonds is 5. The monoisotopic (exact) mass is 413 g/mol. The van der Waals surface area contributed by atoms with Crippen molar-refractivity contribution in [2.75, 3.05) is 5.73 Å². The van der Waals surface area contributed by atoms with Gasteiger partial charge in [-0.15, -0.1) is 0 Å². The van der Waals surface area contributed by atoms with Gasteiger partial charge < -0.3 is 5.73 Å².